The molecule has 3 nitrogen and oxygen atoms in total. The first-order valence-electron chi connectivity index (χ1n) is 7.22. The van der Waals surface area contributed by atoms with Crippen molar-refractivity contribution in [2.75, 3.05) is 6.54 Å². The van der Waals surface area contributed by atoms with Gasteiger partial charge in [0, 0.05) is 32.7 Å². The third-order valence-electron chi connectivity index (χ3n) is 3.48. The third-order valence-corrected chi connectivity index (χ3v) is 4.96. The van der Waals surface area contributed by atoms with Crippen molar-refractivity contribution in [1.82, 2.24) is 4.90 Å². The van der Waals surface area contributed by atoms with Crippen LogP contribution in [0.3, 0.4) is 0 Å². The van der Waals surface area contributed by atoms with Crippen molar-refractivity contribution < 1.29 is 52.1 Å². The fourth-order valence-corrected chi connectivity index (χ4v) is 3.64. The van der Waals surface area contributed by atoms with Crippen molar-refractivity contribution in [1.29, 1.82) is 0 Å². The Morgan fingerprint density at radius 3 is 2.59 bits per heavy atom. The first-order chi connectivity index (χ1) is 10.2. The number of benzene rings is 1. The van der Waals surface area contributed by atoms with E-state index in [1.165, 1.54) is 35.4 Å². The summed E-state index contributed by atoms with van der Waals surface area (Å²) in [5, 5.41) is 0. The van der Waals surface area contributed by atoms with Crippen LogP contribution in [0.25, 0.3) is 0 Å². The van der Waals surface area contributed by atoms with Crippen molar-refractivity contribution in [3.05, 3.63) is 47.3 Å². The minimum absolute atomic E-state index is 0. The Hall–Kier alpha value is -0.238. The summed E-state index contributed by atoms with van der Waals surface area (Å²) in [4.78, 5) is 11.0. The average Bonchev–Trinajstić information content (AvgIpc) is 2.81. The fourth-order valence-electron chi connectivity index (χ4n) is 2.24. The number of hydrogen-bond donors (Lipinski definition) is 0. The second-order valence-corrected chi connectivity index (χ2v) is 6.45. The van der Waals surface area contributed by atoms with Gasteiger partial charge in [0.1, 0.15) is 0 Å². The summed E-state index contributed by atoms with van der Waals surface area (Å²) in [6.07, 6.45) is 3.19. The Bertz CT molecular complexity index is 593. The number of allylic oxidation sites excluding steroid dienone is 1. The van der Waals surface area contributed by atoms with Crippen LogP contribution in [0.4, 0.5) is 0 Å². The summed E-state index contributed by atoms with van der Waals surface area (Å²) in [6, 6.07) is 10.5. The van der Waals surface area contributed by atoms with Gasteiger partial charge in [-0.15, -0.1) is 0 Å². The number of nitrogens with zero attached hydrogens (tertiary/aromatic N) is 3. The predicted molar refractivity (Wildman–Crippen MR) is 85.4 cm³/mol. The zero-order valence-corrected chi connectivity index (χ0v) is 18.9. The molecule has 1 aromatic rings. The summed E-state index contributed by atoms with van der Waals surface area (Å²) < 4.78 is 1.24. The third kappa shape index (κ3) is 4.88. The molecule has 0 N–H and O–H groups in total. The van der Waals surface area contributed by atoms with E-state index in [9.17, 15) is 0 Å². The van der Waals surface area contributed by atoms with Crippen molar-refractivity contribution >= 4 is 16.6 Å². The molecule has 0 aliphatic carbocycles. The largest absolute Gasteiger partial charge is 0 e. The second-order valence-electron chi connectivity index (χ2n) is 5.06. The normalized spacial score (nSPS) is 16.2. The molecule has 0 aromatic heterocycles. The Labute approximate surface area is 169 Å². The Morgan fingerprint density at radius 2 is 2.00 bits per heavy atom. The van der Waals surface area contributed by atoms with Gasteiger partial charge in [-0.1, -0.05) is 0 Å². The van der Waals surface area contributed by atoms with Crippen LogP contribution in [0.15, 0.2) is 51.7 Å². The first kappa shape index (κ1) is 19.8. The summed E-state index contributed by atoms with van der Waals surface area (Å²) in [7, 11) is 0. The van der Waals surface area contributed by atoms with Gasteiger partial charge in [0.25, 0.3) is 0 Å². The van der Waals surface area contributed by atoms with E-state index in [1.54, 1.807) is 0 Å². The molecule has 0 amide bonds. The maximum Gasteiger partial charge on any atom is 0 e. The van der Waals surface area contributed by atoms with E-state index in [2.05, 4.69) is 41.1 Å². The van der Waals surface area contributed by atoms with E-state index in [0.717, 1.165) is 36.6 Å². The van der Waals surface area contributed by atoms with Crippen molar-refractivity contribution in [2.45, 2.75) is 33.1 Å². The summed E-state index contributed by atoms with van der Waals surface area (Å²) in [5.41, 5.74) is 3.04. The molecule has 0 saturated heterocycles. The molecular weight excluding hydrogens is 519 g/mol. The molecule has 1 aromatic carbocycles. The number of aliphatic imine (C=N–C) groups is 2. The standard InChI is InChI=1S/C17H20N3.W.Y/c1-4-5-11-20-13-16(14(2)18-3)19-17(20)12-15-9-7-6-8-10-15;;/h3,6-10H,4-5,11-12H2,1-2H3;;/q-1;;/b16-14+;;. The van der Waals surface area contributed by atoms with E-state index in [1.807, 2.05) is 13.0 Å². The molecule has 5 heteroatoms. The molecule has 0 unspecified atom stereocenters. The molecule has 0 spiro atoms. The van der Waals surface area contributed by atoms with Gasteiger partial charge >= 0.3 is 138 Å². The minimum Gasteiger partial charge on any atom is 0 e. The van der Waals surface area contributed by atoms with Crippen LogP contribution in [0, 0.1) is 0 Å². The molecule has 0 fully saturated rings. The molecule has 113 valence electrons. The summed E-state index contributed by atoms with van der Waals surface area (Å²) in [6.45, 7) is 10.6. The maximum atomic E-state index is 5.43. The van der Waals surface area contributed by atoms with Crippen LogP contribution in [-0.2, 0) is 58.5 Å². The molecule has 1 heterocycles. The topological polar surface area (TPSA) is 28.0 Å². The van der Waals surface area contributed by atoms with E-state index in [-0.39, 0.29) is 32.7 Å². The number of hydrogen-bond acceptors (Lipinski definition) is 3. The van der Waals surface area contributed by atoms with E-state index < -0.39 is 0 Å². The summed E-state index contributed by atoms with van der Waals surface area (Å²) in [5.74, 6) is 1.11. The van der Waals surface area contributed by atoms with Crippen molar-refractivity contribution in [3.8, 4) is 0 Å². The van der Waals surface area contributed by atoms with Crippen LogP contribution in [-0.4, -0.2) is 28.0 Å². The molecule has 2 rings (SSSR count). The van der Waals surface area contributed by atoms with Crippen LogP contribution >= 0.6 is 0 Å². The van der Waals surface area contributed by atoms with Gasteiger partial charge in [-0.05, 0) is 0 Å². The van der Waals surface area contributed by atoms with Crippen LogP contribution in [0.1, 0.15) is 32.3 Å². The smallest absolute Gasteiger partial charge is 0 e. The van der Waals surface area contributed by atoms with Gasteiger partial charge in [0.15, 0.2) is 0 Å². The SMILES string of the molecule is [CH-]=N/C(C)=C1/N=C(Cc2ccccc2)N(CCCC)[C]1=[W].[Y]. The molecule has 0 atom stereocenters. The average molecular weight is 539 g/mol. The van der Waals surface area contributed by atoms with Crippen molar-refractivity contribution in [2.24, 2.45) is 9.98 Å². The summed E-state index contributed by atoms with van der Waals surface area (Å²) >= 11 is 1.41. The first-order valence-corrected chi connectivity index (χ1v) is 8.69. The Morgan fingerprint density at radius 1 is 1.32 bits per heavy atom. The Kier molecular flexibility index (Phi) is 8.83. The number of amidine groups is 1. The van der Waals surface area contributed by atoms with Crippen LogP contribution in [0.5, 0.6) is 0 Å². The van der Waals surface area contributed by atoms with Gasteiger partial charge in [-0.25, -0.2) is 0 Å². The van der Waals surface area contributed by atoms with Gasteiger partial charge in [-0.3, -0.25) is 0 Å². The molecule has 1 aliphatic heterocycles. The van der Waals surface area contributed by atoms with E-state index in [4.69, 9.17) is 11.7 Å². The molecule has 1 radical (unpaired) electrons. The maximum absolute atomic E-state index is 5.43. The minimum atomic E-state index is 0. The van der Waals surface area contributed by atoms with Crippen LogP contribution < -0.4 is 0 Å². The quantitative estimate of drug-likeness (QED) is 0.404. The number of rotatable bonds is 6. The van der Waals surface area contributed by atoms with Gasteiger partial charge in [0.05, 0.1) is 0 Å². The second kappa shape index (κ2) is 9.80. The monoisotopic (exact) mass is 539 g/mol. The molecular formula is C17H20N3WY-. The van der Waals surface area contributed by atoms with E-state index in [0.29, 0.717) is 0 Å². The van der Waals surface area contributed by atoms with E-state index >= 15 is 0 Å². The molecule has 0 bridgehead atoms. The van der Waals surface area contributed by atoms with Gasteiger partial charge < -0.3 is 0 Å². The molecule has 0 saturated carbocycles. The van der Waals surface area contributed by atoms with Crippen LogP contribution in [0.2, 0.25) is 0 Å². The van der Waals surface area contributed by atoms with Crippen molar-refractivity contribution in [3.63, 3.8) is 0 Å². The fraction of sp³-hybridized carbons (Fsp3) is 0.353. The Balaban J connectivity index is 0.00000242. The molecule has 1 aliphatic rings. The van der Waals surface area contributed by atoms with Gasteiger partial charge in [0.2, 0.25) is 0 Å². The zero-order chi connectivity index (χ0) is 15.2. The zero-order valence-electron chi connectivity index (χ0n) is 13.1. The number of unbranched alkanes of at least 4 members (excludes halogenated alkanes) is 1. The predicted octanol–water partition coefficient (Wildman–Crippen LogP) is 3.23. The van der Waals surface area contributed by atoms with Gasteiger partial charge in [-0.2, -0.15) is 0 Å². The molecule has 22 heavy (non-hydrogen) atoms.